The molecule has 3 unspecified atom stereocenters. The first kappa shape index (κ1) is 9.96. The van der Waals surface area contributed by atoms with Gasteiger partial charge in [0.25, 0.3) is 0 Å². The maximum atomic E-state index is 8.60. The number of aliphatic hydroxyl groups is 1. The molecule has 1 rings (SSSR count). The van der Waals surface area contributed by atoms with Crippen molar-refractivity contribution in [1.29, 1.82) is 0 Å². The zero-order valence-corrected chi connectivity index (χ0v) is 7.92. The van der Waals surface area contributed by atoms with Gasteiger partial charge in [0, 0.05) is 6.54 Å². The van der Waals surface area contributed by atoms with Crippen molar-refractivity contribution in [3.05, 3.63) is 0 Å². The van der Waals surface area contributed by atoms with E-state index >= 15 is 0 Å². The van der Waals surface area contributed by atoms with Crippen LogP contribution in [0.1, 0.15) is 20.3 Å². The van der Waals surface area contributed by atoms with E-state index in [2.05, 4.69) is 13.8 Å². The van der Waals surface area contributed by atoms with E-state index in [9.17, 15) is 0 Å². The highest BCUT2D eigenvalue weighted by atomic mass is 16.5. The van der Waals surface area contributed by atoms with E-state index in [0.29, 0.717) is 19.1 Å². The molecule has 0 aromatic carbocycles. The predicted molar refractivity (Wildman–Crippen MR) is 47.8 cm³/mol. The van der Waals surface area contributed by atoms with E-state index in [1.165, 1.54) is 6.42 Å². The van der Waals surface area contributed by atoms with Gasteiger partial charge in [-0.25, -0.2) is 0 Å². The van der Waals surface area contributed by atoms with Gasteiger partial charge in [0.2, 0.25) is 0 Å². The van der Waals surface area contributed by atoms with Gasteiger partial charge in [-0.1, -0.05) is 13.8 Å². The Morgan fingerprint density at radius 2 is 2.33 bits per heavy atom. The monoisotopic (exact) mass is 173 g/mol. The fourth-order valence-corrected chi connectivity index (χ4v) is 1.77. The van der Waals surface area contributed by atoms with Gasteiger partial charge in [0.15, 0.2) is 0 Å². The number of nitrogens with two attached hydrogens (primary N) is 1. The fourth-order valence-electron chi connectivity index (χ4n) is 1.77. The molecule has 1 aliphatic rings. The van der Waals surface area contributed by atoms with E-state index in [0.717, 1.165) is 0 Å². The molecule has 0 spiro atoms. The minimum atomic E-state index is 0.0843. The van der Waals surface area contributed by atoms with E-state index in [1.807, 2.05) is 0 Å². The highest BCUT2D eigenvalue weighted by Gasteiger charge is 2.52. The van der Waals surface area contributed by atoms with Crippen LogP contribution in [0.25, 0.3) is 0 Å². The summed E-state index contributed by atoms with van der Waals surface area (Å²) < 4.78 is 5.46. The number of hydrogen-bond donors (Lipinski definition) is 2. The molecule has 0 aromatic rings. The van der Waals surface area contributed by atoms with Crippen molar-refractivity contribution in [1.82, 2.24) is 0 Å². The largest absolute Gasteiger partial charge is 0.394 e. The summed E-state index contributed by atoms with van der Waals surface area (Å²) in [5.41, 5.74) is 5.86. The lowest BCUT2D eigenvalue weighted by molar-refractivity contribution is -0.00785. The molecule has 0 radical (unpaired) electrons. The summed E-state index contributed by atoms with van der Waals surface area (Å²) in [5, 5.41) is 8.60. The Bertz CT molecular complexity index is 151. The molecule has 0 aromatic heterocycles. The molecule has 3 atom stereocenters. The van der Waals surface area contributed by atoms with Gasteiger partial charge >= 0.3 is 0 Å². The summed E-state index contributed by atoms with van der Waals surface area (Å²) >= 11 is 0. The van der Waals surface area contributed by atoms with Crippen LogP contribution in [0.4, 0.5) is 0 Å². The van der Waals surface area contributed by atoms with Crippen LogP contribution in [-0.4, -0.2) is 31.0 Å². The molecular formula is C9H19NO2. The average molecular weight is 173 g/mol. The normalized spacial score (nSPS) is 36.5. The third-order valence-corrected chi connectivity index (χ3v) is 3.07. The summed E-state index contributed by atoms with van der Waals surface area (Å²) in [5.74, 6) is 0.713. The fraction of sp³-hybridized carbons (Fsp3) is 1.00. The van der Waals surface area contributed by atoms with E-state index in [1.54, 1.807) is 0 Å². The minimum absolute atomic E-state index is 0.0843. The Morgan fingerprint density at radius 3 is 2.67 bits per heavy atom. The highest BCUT2D eigenvalue weighted by Crippen LogP contribution is 2.55. The lowest BCUT2D eigenvalue weighted by atomic mass is 9.99. The second-order valence-corrected chi connectivity index (χ2v) is 3.93. The van der Waals surface area contributed by atoms with Gasteiger partial charge in [-0.2, -0.15) is 0 Å². The van der Waals surface area contributed by atoms with Gasteiger partial charge in [-0.05, 0) is 17.8 Å². The first-order valence-electron chi connectivity index (χ1n) is 4.57. The van der Waals surface area contributed by atoms with Gasteiger partial charge in [0.1, 0.15) is 0 Å². The van der Waals surface area contributed by atoms with Crippen molar-refractivity contribution in [2.24, 2.45) is 17.1 Å². The first-order valence-corrected chi connectivity index (χ1v) is 4.57. The van der Waals surface area contributed by atoms with Gasteiger partial charge in [-0.3, -0.25) is 0 Å². The smallest absolute Gasteiger partial charge is 0.0754 e. The maximum absolute atomic E-state index is 8.60. The van der Waals surface area contributed by atoms with Crippen molar-refractivity contribution >= 4 is 0 Å². The topological polar surface area (TPSA) is 55.5 Å². The lowest BCUT2D eigenvalue weighted by Crippen LogP contribution is -2.33. The van der Waals surface area contributed by atoms with Crippen LogP contribution in [0, 0.1) is 11.3 Å². The molecule has 0 amide bonds. The van der Waals surface area contributed by atoms with Crippen LogP contribution in [0.2, 0.25) is 0 Å². The van der Waals surface area contributed by atoms with E-state index in [-0.39, 0.29) is 18.1 Å². The summed E-state index contributed by atoms with van der Waals surface area (Å²) in [7, 11) is 0. The van der Waals surface area contributed by atoms with Crippen molar-refractivity contribution in [2.75, 3.05) is 19.8 Å². The number of hydrogen-bond acceptors (Lipinski definition) is 3. The quantitative estimate of drug-likeness (QED) is 0.631. The van der Waals surface area contributed by atoms with Gasteiger partial charge in [-0.15, -0.1) is 0 Å². The SMILES string of the molecule is CC1CC1(C)C(CN)OCCO. The third-order valence-electron chi connectivity index (χ3n) is 3.07. The van der Waals surface area contributed by atoms with Crippen LogP contribution in [0.15, 0.2) is 0 Å². The molecular weight excluding hydrogens is 154 g/mol. The van der Waals surface area contributed by atoms with Crippen molar-refractivity contribution in [2.45, 2.75) is 26.4 Å². The van der Waals surface area contributed by atoms with Crippen molar-refractivity contribution in [3.63, 3.8) is 0 Å². The Kier molecular flexibility index (Phi) is 3.09. The number of aliphatic hydroxyl groups excluding tert-OH is 1. The molecule has 0 saturated heterocycles. The lowest BCUT2D eigenvalue weighted by Gasteiger charge is -2.22. The molecule has 3 heteroatoms. The van der Waals surface area contributed by atoms with Crippen molar-refractivity contribution in [3.8, 4) is 0 Å². The molecule has 0 aliphatic heterocycles. The van der Waals surface area contributed by atoms with Crippen LogP contribution < -0.4 is 5.73 Å². The summed E-state index contributed by atoms with van der Waals surface area (Å²) in [6.07, 6.45) is 1.32. The minimum Gasteiger partial charge on any atom is -0.394 e. The van der Waals surface area contributed by atoms with Crippen LogP contribution in [0.5, 0.6) is 0 Å². The predicted octanol–water partition coefficient (Wildman–Crippen LogP) is 0.369. The first-order chi connectivity index (χ1) is 5.65. The summed E-state index contributed by atoms with van der Waals surface area (Å²) in [4.78, 5) is 0. The van der Waals surface area contributed by atoms with Gasteiger partial charge in [0.05, 0.1) is 19.3 Å². The second-order valence-electron chi connectivity index (χ2n) is 3.93. The molecule has 12 heavy (non-hydrogen) atoms. The Hall–Kier alpha value is -0.120. The Balaban J connectivity index is 2.35. The molecule has 0 bridgehead atoms. The average Bonchev–Trinajstić information content (AvgIpc) is 2.62. The zero-order chi connectivity index (χ0) is 9.19. The number of rotatable bonds is 5. The van der Waals surface area contributed by atoms with Gasteiger partial charge < -0.3 is 15.6 Å². The number of ether oxygens (including phenoxy) is 1. The molecule has 3 N–H and O–H groups in total. The summed E-state index contributed by atoms with van der Waals surface area (Å²) in [6.45, 7) is 5.46. The van der Waals surface area contributed by atoms with E-state index < -0.39 is 0 Å². The van der Waals surface area contributed by atoms with Crippen LogP contribution in [-0.2, 0) is 4.74 Å². The standard InChI is InChI=1S/C9H19NO2/c1-7-5-9(7,2)8(6-10)12-4-3-11/h7-8,11H,3-6,10H2,1-2H3. The molecule has 1 saturated carbocycles. The summed E-state index contributed by atoms with van der Waals surface area (Å²) in [6, 6.07) is 0. The Labute approximate surface area is 73.9 Å². The molecule has 3 nitrogen and oxygen atoms in total. The molecule has 0 heterocycles. The third kappa shape index (κ3) is 1.79. The second kappa shape index (κ2) is 3.73. The zero-order valence-electron chi connectivity index (χ0n) is 7.92. The molecule has 1 aliphatic carbocycles. The Morgan fingerprint density at radius 1 is 1.75 bits per heavy atom. The van der Waals surface area contributed by atoms with Crippen molar-refractivity contribution < 1.29 is 9.84 Å². The maximum Gasteiger partial charge on any atom is 0.0754 e. The molecule has 1 fully saturated rings. The molecule has 72 valence electrons. The van der Waals surface area contributed by atoms with Crippen LogP contribution in [0.3, 0.4) is 0 Å². The highest BCUT2D eigenvalue weighted by molar-refractivity contribution is 5.02. The van der Waals surface area contributed by atoms with Crippen LogP contribution >= 0.6 is 0 Å². The van der Waals surface area contributed by atoms with E-state index in [4.69, 9.17) is 15.6 Å².